The van der Waals surface area contributed by atoms with E-state index >= 15 is 0 Å². The van der Waals surface area contributed by atoms with E-state index in [1.54, 1.807) is 10.1 Å². The number of carbonyl (C=O) groups excluding carboxylic acids is 3. The van der Waals surface area contributed by atoms with Gasteiger partial charge in [0, 0.05) is 56.2 Å². The summed E-state index contributed by atoms with van der Waals surface area (Å²) in [4.78, 5) is 65.9. The Hall–Kier alpha value is -3.85. The van der Waals surface area contributed by atoms with Crippen molar-refractivity contribution >= 4 is 69.9 Å². The first kappa shape index (κ1) is 34.0. The number of carboxylic acids is 1. The molecule has 2 aromatic rings. The number of allylic oxidation sites excluding steroid dienone is 1. The maximum atomic E-state index is 13.5. The van der Waals surface area contributed by atoms with Gasteiger partial charge in [0.2, 0.25) is 11.6 Å². The lowest BCUT2D eigenvalue weighted by atomic mass is 10.0. The number of carboxylic acid groups (broad SMARTS) is 1. The van der Waals surface area contributed by atoms with Gasteiger partial charge in [-0.2, -0.15) is 0 Å². The molecule has 0 spiro atoms. The van der Waals surface area contributed by atoms with Gasteiger partial charge < -0.3 is 30.4 Å². The summed E-state index contributed by atoms with van der Waals surface area (Å²) in [5, 5.41) is 33.2. The summed E-state index contributed by atoms with van der Waals surface area (Å²) >= 11 is 3.79. The highest BCUT2D eigenvalue weighted by Crippen LogP contribution is 2.41. The molecule has 0 radical (unpaired) electrons. The van der Waals surface area contributed by atoms with E-state index in [9.17, 15) is 24.3 Å². The van der Waals surface area contributed by atoms with Gasteiger partial charge in [0.25, 0.3) is 11.8 Å². The first-order valence-corrected chi connectivity index (χ1v) is 18.3. The molecule has 0 aromatic carbocycles. The van der Waals surface area contributed by atoms with Crippen LogP contribution in [0.15, 0.2) is 39.1 Å². The summed E-state index contributed by atoms with van der Waals surface area (Å²) < 4.78 is 1.73. The van der Waals surface area contributed by atoms with Crippen LogP contribution in [-0.2, 0) is 30.6 Å². The smallest absolute Gasteiger partial charge is 0.352 e. The number of piperazine rings is 1. The molecular weight excluding hydrogens is 683 g/mol. The number of aromatic nitrogens is 5. The Morgan fingerprint density at radius 1 is 1.25 bits per heavy atom. The third-order valence-electron chi connectivity index (χ3n) is 8.24. The fraction of sp³-hybridized carbons (Fsp3) is 0.536. The van der Waals surface area contributed by atoms with Crippen molar-refractivity contribution in [2.45, 2.75) is 48.5 Å². The van der Waals surface area contributed by atoms with Gasteiger partial charge in [-0.3, -0.25) is 19.3 Å². The lowest BCUT2D eigenvalue weighted by Gasteiger charge is -2.49. The van der Waals surface area contributed by atoms with Crippen LogP contribution < -0.4 is 10.6 Å². The number of thiazole rings is 1. The van der Waals surface area contributed by atoms with E-state index < -0.39 is 29.2 Å². The number of aliphatic carboxylic acids is 1. The molecule has 3 aliphatic heterocycles. The molecule has 17 nitrogen and oxygen atoms in total. The Balaban J connectivity index is 1.08. The molecule has 6 rings (SSSR count). The van der Waals surface area contributed by atoms with Gasteiger partial charge in [0.1, 0.15) is 28.9 Å². The minimum atomic E-state index is -1.22. The van der Waals surface area contributed by atoms with E-state index in [1.807, 2.05) is 12.2 Å². The molecule has 0 saturated carbocycles. The molecular formula is C28H35N11O6S3. The minimum Gasteiger partial charge on any atom is -0.477 e. The lowest BCUT2D eigenvalue weighted by molar-refractivity contribution is -0.150. The zero-order chi connectivity index (χ0) is 33.6. The van der Waals surface area contributed by atoms with Crippen LogP contribution in [0.3, 0.4) is 0 Å². The molecule has 20 heteroatoms. The number of tetrazole rings is 1. The van der Waals surface area contributed by atoms with E-state index in [0.717, 1.165) is 56.9 Å². The van der Waals surface area contributed by atoms with Gasteiger partial charge in [-0.1, -0.05) is 23.0 Å². The van der Waals surface area contributed by atoms with Gasteiger partial charge in [-0.15, -0.1) is 28.2 Å². The SMILES string of the molecule is CN1CCN(CCCn2nnnc2SCC2=C(C(=O)O)N3C(=O)C(NC(=O)C(=NOC4C=CCC4)c4csc(NC=O)n4)[C@@H]3SC2)CC1. The van der Waals surface area contributed by atoms with E-state index in [4.69, 9.17) is 4.84 Å². The minimum absolute atomic E-state index is 0.0924. The average molecular weight is 718 g/mol. The van der Waals surface area contributed by atoms with Crippen molar-refractivity contribution in [3.8, 4) is 0 Å². The number of thioether (sulfide) groups is 2. The first-order valence-electron chi connectivity index (χ1n) is 15.4. The van der Waals surface area contributed by atoms with Crippen molar-refractivity contribution in [3.05, 3.63) is 34.5 Å². The van der Waals surface area contributed by atoms with E-state index in [2.05, 4.69) is 53.1 Å². The quantitative estimate of drug-likeness (QED) is 0.0568. The highest BCUT2D eigenvalue weighted by Gasteiger charge is 2.54. The number of anilines is 1. The number of hydrogen-bond donors (Lipinski definition) is 3. The monoisotopic (exact) mass is 717 g/mol. The number of amides is 3. The second-order valence-electron chi connectivity index (χ2n) is 11.5. The third kappa shape index (κ3) is 7.72. The van der Waals surface area contributed by atoms with Gasteiger partial charge >= 0.3 is 5.97 Å². The Morgan fingerprint density at radius 2 is 2.08 bits per heavy atom. The van der Waals surface area contributed by atoms with Crippen molar-refractivity contribution < 1.29 is 29.1 Å². The number of likely N-dealkylation sites (N-methyl/N-ethyl adjacent to an activating group) is 1. The Bertz CT molecular complexity index is 1620. The average Bonchev–Trinajstić information content (AvgIpc) is 3.87. The fourth-order valence-electron chi connectivity index (χ4n) is 5.63. The number of oxime groups is 1. The molecule has 2 aromatic heterocycles. The number of nitrogens with zero attached hydrogens (tertiary/aromatic N) is 9. The maximum absolute atomic E-state index is 13.5. The van der Waals surface area contributed by atoms with E-state index in [-0.39, 0.29) is 34.1 Å². The predicted molar refractivity (Wildman–Crippen MR) is 178 cm³/mol. The number of carbonyl (C=O) groups is 4. The van der Waals surface area contributed by atoms with Crippen LogP contribution in [0.4, 0.5) is 5.13 Å². The molecule has 2 unspecified atom stereocenters. The van der Waals surface area contributed by atoms with Crippen LogP contribution in [0.5, 0.6) is 0 Å². The van der Waals surface area contributed by atoms with Gasteiger partial charge in [-0.05, 0) is 48.4 Å². The number of rotatable bonds is 15. The molecule has 48 heavy (non-hydrogen) atoms. The largest absolute Gasteiger partial charge is 0.477 e. The highest BCUT2D eigenvalue weighted by atomic mass is 32.2. The van der Waals surface area contributed by atoms with Gasteiger partial charge in [0.05, 0.1) is 0 Å². The number of hydrogen-bond acceptors (Lipinski definition) is 15. The molecule has 5 heterocycles. The van der Waals surface area contributed by atoms with Crippen molar-refractivity contribution in [1.82, 2.24) is 45.2 Å². The molecule has 4 aliphatic rings. The number of nitrogens with one attached hydrogen (secondary N) is 2. The topological polar surface area (TPSA) is 200 Å². The second-order valence-corrected chi connectivity index (χ2v) is 14.4. The normalized spacial score (nSPS) is 23.2. The molecule has 2 saturated heterocycles. The third-order valence-corrected chi connectivity index (χ3v) is 11.4. The molecule has 3 N–H and O–H groups in total. The van der Waals surface area contributed by atoms with Crippen LogP contribution >= 0.6 is 34.9 Å². The molecule has 3 atom stereocenters. The Kier molecular flexibility index (Phi) is 11.0. The second kappa shape index (κ2) is 15.6. The summed E-state index contributed by atoms with van der Waals surface area (Å²) in [6, 6.07) is -0.985. The Morgan fingerprint density at radius 3 is 2.83 bits per heavy atom. The van der Waals surface area contributed by atoms with Gasteiger partial charge in [0.15, 0.2) is 10.8 Å². The molecule has 1 aliphatic carbocycles. The van der Waals surface area contributed by atoms with Crippen molar-refractivity contribution in [3.63, 3.8) is 0 Å². The summed E-state index contributed by atoms with van der Waals surface area (Å²) in [6.07, 6.45) is 6.38. The molecule has 2 fully saturated rings. The van der Waals surface area contributed by atoms with E-state index in [1.165, 1.54) is 28.4 Å². The standard InChI is InChI=1S/C28H35N11O6S3/c1-36-9-11-37(12-10-36)7-4-8-38-28(32-34-35-38)48-14-17-13-46-25-21(24(42)39(25)22(17)26(43)44)31-23(41)20(33-45-18-5-2-3-6-18)19-15-47-27(30-19)29-16-40/h2,5,15-16,18,21,25H,3-4,6-14H2,1H3,(H,31,41)(H,43,44)(H,29,30,40)/t18?,21?,25-/m0/s1. The van der Waals surface area contributed by atoms with Crippen LogP contribution in [0, 0.1) is 0 Å². The zero-order valence-corrected chi connectivity index (χ0v) is 28.5. The first-order chi connectivity index (χ1) is 23.3. The van der Waals surface area contributed by atoms with Gasteiger partial charge in [-0.25, -0.2) is 14.5 Å². The van der Waals surface area contributed by atoms with Crippen molar-refractivity contribution in [1.29, 1.82) is 0 Å². The number of β-lactam (4-membered cyclic amide) rings is 1. The number of fused-ring (bicyclic) bond motifs is 1. The Labute approximate surface area is 288 Å². The molecule has 256 valence electrons. The van der Waals surface area contributed by atoms with Crippen LogP contribution in [0.25, 0.3) is 0 Å². The van der Waals surface area contributed by atoms with Crippen molar-refractivity contribution in [2.75, 3.05) is 56.6 Å². The van der Waals surface area contributed by atoms with Crippen molar-refractivity contribution in [2.24, 2.45) is 5.16 Å². The lowest BCUT2D eigenvalue weighted by Crippen LogP contribution is -2.71. The highest BCUT2D eigenvalue weighted by molar-refractivity contribution is 8.01. The summed E-state index contributed by atoms with van der Waals surface area (Å²) in [5.41, 5.74) is 0.475. The molecule has 0 bridgehead atoms. The number of aryl methyl sites for hydroxylation is 1. The summed E-state index contributed by atoms with van der Waals surface area (Å²) in [7, 11) is 2.13. The fourth-order valence-corrected chi connectivity index (χ4v) is 8.67. The van der Waals surface area contributed by atoms with Crippen LogP contribution in [0.2, 0.25) is 0 Å². The van der Waals surface area contributed by atoms with Crippen LogP contribution in [0.1, 0.15) is 25.0 Å². The summed E-state index contributed by atoms with van der Waals surface area (Å²) in [5.74, 6) is -1.86. The maximum Gasteiger partial charge on any atom is 0.352 e. The zero-order valence-electron chi connectivity index (χ0n) is 26.1. The van der Waals surface area contributed by atoms with E-state index in [0.29, 0.717) is 35.9 Å². The van der Waals surface area contributed by atoms with Crippen LogP contribution in [-0.4, -0.2) is 144 Å². The molecule has 3 amide bonds. The summed E-state index contributed by atoms with van der Waals surface area (Å²) in [6.45, 7) is 5.75. The predicted octanol–water partition coefficient (Wildman–Crippen LogP) is 0.306.